The maximum atomic E-state index is 11.8. The highest BCUT2D eigenvalue weighted by molar-refractivity contribution is 9.12. The van der Waals surface area contributed by atoms with Crippen molar-refractivity contribution in [2.45, 2.75) is 24.1 Å². The predicted octanol–water partition coefficient (Wildman–Crippen LogP) is 3.04. The average Bonchev–Trinajstić information content (AvgIpc) is 2.86. The van der Waals surface area contributed by atoms with Gasteiger partial charge in [-0.05, 0) is 25.2 Å². The third-order valence-electron chi connectivity index (χ3n) is 3.16. The molecule has 0 amide bonds. The lowest BCUT2D eigenvalue weighted by Crippen LogP contribution is -2.24. The molecule has 0 aromatic carbocycles. The molecule has 2 aliphatic carbocycles. The van der Waals surface area contributed by atoms with Gasteiger partial charge in [0.1, 0.15) is 6.61 Å². The van der Waals surface area contributed by atoms with E-state index in [9.17, 15) is 4.79 Å². The number of hydrogen-bond acceptors (Lipinski definition) is 2. The van der Waals surface area contributed by atoms with Gasteiger partial charge in [0.25, 0.3) is 0 Å². The summed E-state index contributed by atoms with van der Waals surface area (Å²) in [6, 6.07) is 0. The molecule has 0 radical (unpaired) electrons. The summed E-state index contributed by atoms with van der Waals surface area (Å²) in [7, 11) is 0. The Labute approximate surface area is 107 Å². The van der Waals surface area contributed by atoms with Crippen LogP contribution < -0.4 is 0 Å². The second-order valence-electron chi connectivity index (χ2n) is 4.25. The number of allylic oxidation sites excluding steroid dienone is 2. The van der Waals surface area contributed by atoms with Crippen LogP contribution in [0.3, 0.4) is 0 Å². The van der Waals surface area contributed by atoms with Gasteiger partial charge in [0, 0.05) is 5.33 Å². The Bertz CT molecular complexity index is 288. The zero-order valence-electron chi connectivity index (χ0n) is 8.42. The molecule has 1 fully saturated rings. The molecule has 3 unspecified atom stereocenters. The fourth-order valence-electron chi connectivity index (χ4n) is 2.34. The molecule has 84 valence electrons. The maximum Gasteiger partial charge on any atom is 0.309 e. The topological polar surface area (TPSA) is 26.3 Å². The first-order chi connectivity index (χ1) is 7.20. The summed E-state index contributed by atoms with van der Waals surface area (Å²) >= 11 is 6.75. The number of carbonyl (C=O) groups is 1. The van der Waals surface area contributed by atoms with Gasteiger partial charge < -0.3 is 4.74 Å². The van der Waals surface area contributed by atoms with Crippen LogP contribution in [0.1, 0.15) is 19.3 Å². The molecule has 4 heteroatoms. The van der Waals surface area contributed by atoms with E-state index >= 15 is 0 Å². The lowest BCUT2D eigenvalue weighted by molar-refractivity contribution is -0.149. The molecule has 2 rings (SSSR count). The van der Waals surface area contributed by atoms with E-state index in [2.05, 4.69) is 37.9 Å². The van der Waals surface area contributed by atoms with Crippen molar-refractivity contribution in [1.29, 1.82) is 0 Å². The second-order valence-corrected chi connectivity index (χ2v) is 6.20. The number of fused-ring (bicyclic) bond motifs is 2. The Kier molecular flexibility index (Phi) is 3.88. The van der Waals surface area contributed by atoms with E-state index in [-0.39, 0.29) is 16.7 Å². The Morgan fingerprint density at radius 1 is 1.60 bits per heavy atom. The van der Waals surface area contributed by atoms with Crippen molar-refractivity contribution in [3.05, 3.63) is 11.6 Å². The fraction of sp³-hybridized carbons (Fsp3) is 0.727. The molecule has 0 saturated heterocycles. The molecule has 0 aromatic heterocycles. The van der Waals surface area contributed by atoms with Crippen molar-refractivity contribution in [3.63, 3.8) is 0 Å². The minimum Gasteiger partial charge on any atom is -0.464 e. The summed E-state index contributed by atoms with van der Waals surface area (Å²) in [5, 5.41) is 0.805. The Balaban J connectivity index is 1.80. The van der Waals surface area contributed by atoms with Gasteiger partial charge in [0.2, 0.25) is 0 Å². The molecule has 3 atom stereocenters. The summed E-state index contributed by atoms with van der Waals surface area (Å²) < 4.78 is 5.29. The van der Waals surface area contributed by atoms with Crippen molar-refractivity contribution < 1.29 is 9.53 Å². The van der Waals surface area contributed by atoms with Gasteiger partial charge in [0.05, 0.1) is 10.7 Å². The molecule has 0 spiro atoms. The zero-order valence-corrected chi connectivity index (χ0v) is 11.6. The molecular formula is C11H14Br2O2. The fourth-order valence-corrected chi connectivity index (χ4v) is 2.66. The Morgan fingerprint density at radius 2 is 2.40 bits per heavy atom. The second kappa shape index (κ2) is 5.00. The van der Waals surface area contributed by atoms with Crippen LogP contribution in [0.25, 0.3) is 0 Å². The van der Waals surface area contributed by atoms with Crippen molar-refractivity contribution in [2.75, 3.05) is 11.9 Å². The lowest BCUT2D eigenvalue weighted by Gasteiger charge is -2.18. The maximum absolute atomic E-state index is 11.8. The van der Waals surface area contributed by atoms with Gasteiger partial charge in [-0.15, -0.1) is 0 Å². The van der Waals surface area contributed by atoms with Crippen LogP contribution in [-0.2, 0) is 9.53 Å². The molecule has 2 aliphatic rings. The first-order valence-electron chi connectivity index (χ1n) is 5.25. The van der Waals surface area contributed by atoms with Crippen LogP contribution in [-0.4, -0.2) is 22.7 Å². The quantitative estimate of drug-likeness (QED) is 0.448. The highest BCUT2D eigenvalue weighted by Gasteiger charge is 2.39. The van der Waals surface area contributed by atoms with Crippen molar-refractivity contribution in [1.82, 2.24) is 0 Å². The molecular weight excluding hydrogens is 324 g/mol. The van der Waals surface area contributed by atoms with Crippen LogP contribution in [0.2, 0.25) is 0 Å². The van der Waals surface area contributed by atoms with E-state index in [1.165, 1.54) is 5.57 Å². The van der Waals surface area contributed by atoms with Crippen molar-refractivity contribution in [2.24, 2.45) is 11.8 Å². The van der Waals surface area contributed by atoms with Crippen LogP contribution in [0.15, 0.2) is 11.6 Å². The predicted molar refractivity (Wildman–Crippen MR) is 66.4 cm³/mol. The molecule has 0 aromatic rings. The van der Waals surface area contributed by atoms with Crippen molar-refractivity contribution in [3.8, 4) is 0 Å². The average molecular weight is 338 g/mol. The van der Waals surface area contributed by atoms with E-state index in [0.29, 0.717) is 12.5 Å². The standard InChI is InChI=1S/C11H14Br2O2/c12-5-9(13)6-15-11(14)10-4-7-1-2-8(10)3-7/h1,8-10H,2-6H2. The van der Waals surface area contributed by atoms with Crippen molar-refractivity contribution >= 4 is 37.8 Å². The van der Waals surface area contributed by atoms with Gasteiger partial charge in [-0.1, -0.05) is 43.5 Å². The number of esters is 1. The summed E-state index contributed by atoms with van der Waals surface area (Å²) in [6.07, 6.45) is 5.41. The molecule has 15 heavy (non-hydrogen) atoms. The third kappa shape index (κ3) is 2.64. The van der Waals surface area contributed by atoms with Crippen LogP contribution in [0.4, 0.5) is 0 Å². The van der Waals surface area contributed by atoms with Gasteiger partial charge in [-0.2, -0.15) is 0 Å². The van der Waals surface area contributed by atoms with E-state index in [0.717, 1.165) is 24.6 Å². The normalized spacial score (nSPS) is 30.1. The van der Waals surface area contributed by atoms with Gasteiger partial charge in [-0.3, -0.25) is 4.79 Å². The molecule has 2 bridgehead atoms. The summed E-state index contributed by atoms with van der Waals surface area (Å²) in [5.74, 6) is 0.666. The Hall–Kier alpha value is 0.170. The van der Waals surface area contributed by atoms with Crippen LogP contribution in [0, 0.1) is 11.8 Å². The molecule has 1 saturated carbocycles. The molecule has 0 N–H and O–H groups in total. The Morgan fingerprint density at radius 3 is 2.93 bits per heavy atom. The summed E-state index contributed by atoms with van der Waals surface area (Å²) in [5.41, 5.74) is 1.46. The number of hydrogen-bond donors (Lipinski definition) is 0. The van der Waals surface area contributed by atoms with E-state index in [1.54, 1.807) is 0 Å². The number of ether oxygens (including phenoxy) is 1. The van der Waals surface area contributed by atoms with Gasteiger partial charge in [-0.25, -0.2) is 0 Å². The van der Waals surface area contributed by atoms with Gasteiger partial charge in [0.15, 0.2) is 0 Å². The van der Waals surface area contributed by atoms with Crippen LogP contribution in [0.5, 0.6) is 0 Å². The molecule has 0 aliphatic heterocycles. The molecule has 0 heterocycles. The number of carbonyl (C=O) groups excluding carboxylic acids is 1. The van der Waals surface area contributed by atoms with E-state index in [4.69, 9.17) is 4.74 Å². The minimum absolute atomic E-state index is 0.00602. The summed E-state index contributed by atoms with van der Waals surface area (Å²) in [6.45, 7) is 0.465. The third-order valence-corrected chi connectivity index (χ3v) is 5.40. The minimum atomic E-state index is -0.00602. The number of rotatable bonds is 4. The zero-order chi connectivity index (χ0) is 10.8. The first kappa shape index (κ1) is 11.6. The van der Waals surface area contributed by atoms with E-state index < -0.39 is 0 Å². The lowest BCUT2D eigenvalue weighted by atomic mass is 9.92. The van der Waals surface area contributed by atoms with Crippen LogP contribution >= 0.6 is 31.9 Å². The smallest absolute Gasteiger partial charge is 0.309 e. The molecule has 2 nitrogen and oxygen atoms in total. The highest BCUT2D eigenvalue weighted by Crippen LogP contribution is 2.44. The SMILES string of the molecule is O=C(OCC(Br)CBr)C1CC2=CCC1C2. The monoisotopic (exact) mass is 336 g/mol. The largest absolute Gasteiger partial charge is 0.464 e. The first-order valence-corrected chi connectivity index (χ1v) is 7.29. The number of alkyl halides is 2. The summed E-state index contributed by atoms with van der Waals surface area (Å²) in [4.78, 5) is 12.0. The number of halogens is 2. The van der Waals surface area contributed by atoms with E-state index in [1.807, 2.05) is 0 Å². The van der Waals surface area contributed by atoms with Gasteiger partial charge >= 0.3 is 5.97 Å². The highest BCUT2D eigenvalue weighted by atomic mass is 79.9.